The number of carbonyl (C=O) groups is 1. The fraction of sp³-hybridized carbons (Fsp3) is 0.0833. The van der Waals surface area contributed by atoms with E-state index in [4.69, 9.17) is 4.74 Å². The highest BCUT2D eigenvalue weighted by molar-refractivity contribution is 6.03. The zero-order valence-corrected chi connectivity index (χ0v) is 9.25. The van der Waals surface area contributed by atoms with Crippen molar-refractivity contribution < 1.29 is 9.53 Å². The maximum absolute atomic E-state index is 11.8. The van der Waals surface area contributed by atoms with Crippen molar-refractivity contribution in [3.05, 3.63) is 48.4 Å². The van der Waals surface area contributed by atoms with Crippen LogP contribution in [0.15, 0.2) is 42.9 Å². The number of anilines is 1. The molecule has 1 amide bonds. The van der Waals surface area contributed by atoms with Crippen molar-refractivity contribution in [2.75, 3.05) is 12.4 Å². The lowest BCUT2D eigenvalue weighted by molar-refractivity contribution is 0.102. The second-order valence-electron chi connectivity index (χ2n) is 3.28. The summed E-state index contributed by atoms with van der Waals surface area (Å²) in [5.41, 5.74) is 0.546. The fourth-order valence-corrected chi connectivity index (χ4v) is 1.30. The number of amides is 1. The summed E-state index contributed by atoms with van der Waals surface area (Å²) in [6.45, 7) is 0. The van der Waals surface area contributed by atoms with Gasteiger partial charge in [0.15, 0.2) is 0 Å². The molecule has 86 valence electrons. The van der Waals surface area contributed by atoms with Gasteiger partial charge in [-0.05, 0) is 30.3 Å². The minimum Gasteiger partial charge on any atom is -0.497 e. The number of hydrogen-bond acceptors (Lipinski definition) is 4. The molecule has 0 bridgehead atoms. The van der Waals surface area contributed by atoms with Crippen LogP contribution >= 0.6 is 0 Å². The number of rotatable bonds is 3. The van der Waals surface area contributed by atoms with Crippen molar-refractivity contribution in [2.45, 2.75) is 0 Å². The molecule has 0 atom stereocenters. The molecule has 0 saturated carbocycles. The monoisotopic (exact) mass is 229 g/mol. The SMILES string of the molecule is COc1ccc(C(=O)Nc2ccncn2)cc1. The van der Waals surface area contributed by atoms with E-state index in [0.29, 0.717) is 17.1 Å². The Balaban J connectivity index is 2.09. The van der Waals surface area contributed by atoms with Crippen LogP contribution in [0, 0.1) is 0 Å². The molecule has 0 fully saturated rings. The van der Waals surface area contributed by atoms with Crippen LogP contribution in [0.3, 0.4) is 0 Å². The second kappa shape index (κ2) is 5.07. The molecule has 0 aliphatic rings. The summed E-state index contributed by atoms with van der Waals surface area (Å²) in [7, 11) is 1.58. The van der Waals surface area contributed by atoms with Crippen molar-refractivity contribution in [2.24, 2.45) is 0 Å². The van der Waals surface area contributed by atoms with Crippen LogP contribution in [0.1, 0.15) is 10.4 Å². The highest BCUT2D eigenvalue weighted by atomic mass is 16.5. The van der Waals surface area contributed by atoms with Gasteiger partial charge in [-0.1, -0.05) is 0 Å². The normalized spacial score (nSPS) is 9.71. The lowest BCUT2D eigenvalue weighted by Crippen LogP contribution is -2.12. The topological polar surface area (TPSA) is 64.1 Å². The predicted molar refractivity (Wildman–Crippen MR) is 63.0 cm³/mol. The summed E-state index contributed by atoms with van der Waals surface area (Å²) in [5.74, 6) is 0.968. The number of methoxy groups -OCH3 is 1. The van der Waals surface area contributed by atoms with Crippen molar-refractivity contribution in [3.8, 4) is 5.75 Å². The van der Waals surface area contributed by atoms with E-state index in [1.165, 1.54) is 6.33 Å². The summed E-state index contributed by atoms with van der Waals surface area (Å²) in [4.78, 5) is 19.5. The third-order valence-electron chi connectivity index (χ3n) is 2.18. The van der Waals surface area contributed by atoms with Crippen molar-refractivity contribution in [1.29, 1.82) is 0 Å². The van der Waals surface area contributed by atoms with E-state index in [1.54, 1.807) is 43.6 Å². The zero-order chi connectivity index (χ0) is 12.1. The van der Waals surface area contributed by atoms with E-state index in [1.807, 2.05) is 0 Å². The lowest BCUT2D eigenvalue weighted by Gasteiger charge is -2.04. The molecule has 2 rings (SSSR count). The highest BCUT2D eigenvalue weighted by Crippen LogP contribution is 2.12. The lowest BCUT2D eigenvalue weighted by atomic mass is 10.2. The van der Waals surface area contributed by atoms with Gasteiger partial charge >= 0.3 is 0 Å². The summed E-state index contributed by atoms with van der Waals surface area (Å²) in [6.07, 6.45) is 2.94. The molecule has 1 aromatic carbocycles. The third-order valence-corrected chi connectivity index (χ3v) is 2.18. The van der Waals surface area contributed by atoms with E-state index in [0.717, 1.165) is 0 Å². The van der Waals surface area contributed by atoms with Crippen LogP contribution in [0.2, 0.25) is 0 Å². The van der Waals surface area contributed by atoms with Crippen molar-refractivity contribution in [1.82, 2.24) is 9.97 Å². The first kappa shape index (κ1) is 11.1. The Morgan fingerprint density at radius 2 is 2.00 bits per heavy atom. The van der Waals surface area contributed by atoms with Gasteiger partial charge in [0.25, 0.3) is 5.91 Å². The molecule has 5 nitrogen and oxygen atoms in total. The third kappa shape index (κ3) is 2.78. The smallest absolute Gasteiger partial charge is 0.256 e. The van der Waals surface area contributed by atoms with E-state index < -0.39 is 0 Å². The summed E-state index contributed by atoms with van der Waals surface area (Å²) in [6, 6.07) is 8.47. The molecule has 0 radical (unpaired) electrons. The average molecular weight is 229 g/mol. The Morgan fingerprint density at radius 3 is 2.59 bits per heavy atom. The number of nitrogens with one attached hydrogen (secondary N) is 1. The molecule has 0 aliphatic carbocycles. The Hall–Kier alpha value is -2.43. The van der Waals surface area contributed by atoms with Gasteiger partial charge in [0.2, 0.25) is 0 Å². The maximum atomic E-state index is 11.8. The van der Waals surface area contributed by atoms with Gasteiger partial charge in [0.05, 0.1) is 7.11 Å². The molecule has 0 spiro atoms. The Bertz CT molecular complexity index is 497. The number of hydrogen-bond donors (Lipinski definition) is 1. The Kier molecular flexibility index (Phi) is 3.30. The molecule has 2 aromatic rings. The summed E-state index contributed by atoms with van der Waals surface area (Å²) < 4.78 is 5.01. The fourth-order valence-electron chi connectivity index (χ4n) is 1.30. The first-order valence-corrected chi connectivity index (χ1v) is 5.01. The molecule has 1 N–H and O–H groups in total. The molecular formula is C12H11N3O2. The van der Waals surface area contributed by atoms with Crippen molar-refractivity contribution in [3.63, 3.8) is 0 Å². The summed E-state index contributed by atoms with van der Waals surface area (Å²) >= 11 is 0. The molecule has 17 heavy (non-hydrogen) atoms. The number of carbonyl (C=O) groups excluding carboxylic acids is 1. The van der Waals surface area contributed by atoms with Crippen LogP contribution < -0.4 is 10.1 Å². The van der Waals surface area contributed by atoms with Crippen LogP contribution in [-0.4, -0.2) is 23.0 Å². The molecule has 0 aliphatic heterocycles. The summed E-state index contributed by atoms with van der Waals surface area (Å²) in [5, 5.41) is 2.66. The van der Waals surface area contributed by atoms with Gasteiger partial charge in [-0.3, -0.25) is 4.79 Å². The molecule has 0 saturated heterocycles. The second-order valence-corrected chi connectivity index (χ2v) is 3.28. The van der Waals surface area contributed by atoms with Gasteiger partial charge in [-0.2, -0.15) is 0 Å². The van der Waals surface area contributed by atoms with Gasteiger partial charge in [-0.25, -0.2) is 9.97 Å². The van der Waals surface area contributed by atoms with Gasteiger partial charge in [-0.15, -0.1) is 0 Å². The van der Waals surface area contributed by atoms with Crippen LogP contribution in [0.25, 0.3) is 0 Å². The van der Waals surface area contributed by atoms with Gasteiger partial charge in [0.1, 0.15) is 17.9 Å². The minimum atomic E-state index is -0.216. The van der Waals surface area contributed by atoms with Crippen LogP contribution in [0.4, 0.5) is 5.82 Å². The molecule has 0 unspecified atom stereocenters. The first-order valence-electron chi connectivity index (χ1n) is 5.01. The van der Waals surface area contributed by atoms with E-state index >= 15 is 0 Å². The molecular weight excluding hydrogens is 218 g/mol. The van der Waals surface area contributed by atoms with Gasteiger partial charge in [0, 0.05) is 11.8 Å². The first-order chi connectivity index (χ1) is 8.29. The maximum Gasteiger partial charge on any atom is 0.256 e. The van der Waals surface area contributed by atoms with Gasteiger partial charge < -0.3 is 10.1 Å². The zero-order valence-electron chi connectivity index (χ0n) is 9.25. The largest absolute Gasteiger partial charge is 0.497 e. The van der Waals surface area contributed by atoms with Crippen molar-refractivity contribution >= 4 is 11.7 Å². The Labute approximate surface area is 98.5 Å². The Morgan fingerprint density at radius 1 is 1.24 bits per heavy atom. The minimum absolute atomic E-state index is 0.216. The molecule has 1 heterocycles. The number of benzene rings is 1. The number of ether oxygens (including phenoxy) is 1. The van der Waals surface area contributed by atoms with Crippen LogP contribution in [-0.2, 0) is 0 Å². The number of aromatic nitrogens is 2. The van der Waals surface area contributed by atoms with E-state index in [9.17, 15) is 4.79 Å². The quantitative estimate of drug-likeness (QED) is 0.870. The van der Waals surface area contributed by atoms with E-state index in [2.05, 4.69) is 15.3 Å². The van der Waals surface area contributed by atoms with E-state index in [-0.39, 0.29) is 5.91 Å². The highest BCUT2D eigenvalue weighted by Gasteiger charge is 2.06. The molecule has 1 aromatic heterocycles. The standard InChI is InChI=1S/C12H11N3O2/c1-17-10-4-2-9(3-5-10)12(16)15-11-6-7-13-8-14-11/h2-8H,1H3,(H,13,14,15,16). The number of nitrogens with zero attached hydrogens (tertiary/aromatic N) is 2. The van der Waals surface area contributed by atoms with Crippen LogP contribution in [0.5, 0.6) is 5.75 Å². The average Bonchev–Trinajstić information content (AvgIpc) is 2.40. The predicted octanol–water partition coefficient (Wildman–Crippen LogP) is 1.74. The molecule has 5 heteroatoms.